The molecule has 4 nitrogen and oxygen atoms in total. The van der Waals surface area contributed by atoms with Gasteiger partial charge in [0.15, 0.2) is 9.84 Å². The third-order valence-electron chi connectivity index (χ3n) is 1.29. The highest BCUT2D eigenvalue weighted by Crippen LogP contribution is 1.89. The molecule has 0 aliphatic carbocycles. The fraction of sp³-hybridized carbons (Fsp3) is 0.833. The molecule has 0 aromatic carbocycles. The summed E-state index contributed by atoms with van der Waals surface area (Å²) in [7, 11) is -1.59. The molecule has 0 aliphatic rings. The second kappa shape index (κ2) is 3.71. The van der Waals surface area contributed by atoms with Crippen LogP contribution in [0.2, 0.25) is 0 Å². The van der Waals surface area contributed by atoms with Crippen LogP contribution in [-0.4, -0.2) is 44.8 Å². The van der Waals surface area contributed by atoms with Gasteiger partial charge in [-0.15, -0.1) is 0 Å². The largest absolute Gasteiger partial charge is 0.345 e. The monoisotopic (exact) mass is 179 g/mol. The summed E-state index contributed by atoms with van der Waals surface area (Å²) >= 11 is 0. The molecule has 0 fully saturated rings. The minimum absolute atomic E-state index is 0.352. The van der Waals surface area contributed by atoms with Gasteiger partial charge in [-0.2, -0.15) is 0 Å². The summed E-state index contributed by atoms with van der Waals surface area (Å²) in [5, 5.41) is 0. The summed E-state index contributed by atoms with van der Waals surface area (Å²) in [6.45, 7) is 2.33. The van der Waals surface area contributed by atoms with Gasteiger partial charge in [0, 0.05) is 19.8 Å². The molecule has 0 saturated heterocycles. The first kappa shape index (κ1) is 10.4. The molecule has 1 amide bonds. The van der Waals surface area contributed by atoms with E-state index < -0.39 is 15.6 Å². The van der Waals surface area contributed by atoms with E-state index >= 15 is 0 Å². The Labute approximate surface area is 67.1 Å². The topological polar surface area (TPSA) is 54.5 Å². The van der Waals surface area contributed by atoms with Gasteiger partial charge >= 0.3 is 0 Å². The van der Waals surface area contributed by atoms with Crippen LogP contribution in [0.4, 0.5) is 0 Å². The minimum Gasteiger partial charge on any atom is -0.345 e. The van der Waals surface area contributed by atoms with E-state index in [4.69, 9.17) is 0 Å². The van der Waals surface area contributed by atoms with E-state index in [9.17, 15) is 13.2 Å². The van der Waals surface area contributed by atoms with Crippen molar-refractivity contribution >= 4 is 15.7 Å². The van der Waals surface area contributed by atoms with Crippen molar-refractivity contribution in [3.05, 3.63) is 0 Å². The van der Waals surface area contributed by atoms with E-state index in [1.807, 2.05) is 0 Å². The van der Waals surface area contributed by atoms with Crippen molar-refractivity contribution in [3.63, 3.8) is 0 Å². The maximum absolute atomic E-state index is 10.9. The van der Waals surface area contributed by atoms with Gasteiger partial charge in [-0.1, -0.05) is 0 Å². The Balaban J connectivity index is 4.10. The van der Waals surface area contributed by atoms with Crippen molar-refractivity contribution in [3.8, 4) is 0 Å². The smallest absolute Gasteiger partial charge is 0.237 e. The highest BCUT2D eigenvalue weighted by atomic mass is 32.2. The average molecular weight is 179 g/mol. The molecule has 0 radical (unpaired) electrons. The van der Waals surface area contributed by atoms with Crippen LogP contribution in [-0.2, 0) is 14.6 Å². The molecule has 11 heavy (non-hydrogen) atoms. The Morgan fingerprint density at radius 1 is 1.45 bits per heavy atom. The van der Waals surface area contributed by atoms with E-state index in [2.05, 4.69) is 0 Å². The first-order valence-electron chi connectivity index (χ1n) is 3.28. The number of sulfone groups is 1. The molecule has 0 unspecified atom stereocenters. The molecule has 0 heterocycles. The SMILES string of the molecule is CCN(C)C(=O)CS(C)(=O)=O. The summed E-state index contributed by atoms with van der Waals surface area (Å²) in [6, 6.07) is 0. The van der Waals surface area contributed by atoms with Gasteiger partial charge in [-0.3, -0.25) is 4.79 Å². The van der Waals surface area contributed by atoms with Crippen LogP contribution in [0.5, 0.6) is 0 Å². The summed E-state index contributed by atoms with van der Waals surface area (Å²) < 4.78 is 21.2. The third-order valence-corrected chi connectivity index (χ3v) is 2.06. The van der Waals surface area contributed by atoms with Crippen LogP contribution in [0.25, 0.3) is 0 Å². The lowest BCUT2D eigenvalue weighted by atomic mass is 10.5. The molecule has 0 aliphatic heterocycles. The van der Waals surface area contributed by atoms with Crippen LogP contribution >= 0.6 is 0 Å². The summed E-state index contributed by atoms with van der Waals surface area (Å²) in [6.07, 6.45) is 1.05. The van der Waals surface area contributed by atoms with Crippen molar-refractivity contribution in [1.82, 2.24) is 4.90 Å². The van der Waals surface area contributed by atoms with E-state index in [1.54, 1.807) is 14.0 Å². The van der Waals surface area contributed by atoms with Crippen LogP contribution in [0.1, 0.15) is 6.92 Å². The van der Waals surface area contributed by atoms with Gasteiger partial charge in [0.1, 0.15) is 5.75 Å². The fourth-order valence-electron chi connectivity index (χ4n) is 0.511. The Bertz CT molecular complexity index is 232. The summed E-state index contributed by atoms with van der Waals surface area (Å²) in [4.78, 5) is 12.3. The molecular weight excluding hydrogens is 166 g/mol. The number of hydrogen-bond donors (Lipinski definition) is 0. The zero-order chi connectivity index (χ0) is 9.07. The van der Waals surface area contributed by atoms with Crippen LogP contribution in [0, 0.1) is 0 Å². The Morgan fingerprint density at radius 3 is 2.18 bits per heavy atom. The summed E-state index contributed by atoms with van der Waals surface area (Å²) in [5.41, 5.74) is 0. The predicted molar refractivity (Wildman–Crippen MR) is 43.0 cm³/mol. The Morgan fingerprint density at radius 2 is 1.91 bits per heavy atom. The number of carbonyl (C=O) groups excluding carboxylic acids is 1. The van der Waals surface area contributed by atoms with E-state index in [-0.39, 0.29) is 5.91 Å². The van der Waals surface area contributed by atoms with Gasteiger partial charge in [0.2, 0.25) is 5.91 Å². The number of hydrogen-bond acceptors (Lipinski definition) is 3. The van der Waals surface area contributed by atoms with Gasteiger partial charge in [0.25, 0.3) is 0 Å². The summed E-state index contributed by atoms with van der Waals surface area (Å²) in [5.74, 6) is -0.743. The highest BCUT2D eigenvalue weighted by molar-refractivity contribution is 7.91. The van der Waals surface area contributed by atoms with E-state index in [0.717, 1.165) is 6.26 Å². The molecule has 0 spiro atoms. The van der Waals surface area contributed by atoms with Crippen molar-refractivity contribution in [2.45, 2.75) is 6.92 Å². The minimum atomic E-state index is -3.17. The predicted octanol–water partition coefficient (Wildman–Crippen LogP) is -0.491. The zero-order valence-corrected chi connectivity index (χ0v) is 7.81. The molecular formula is C6H13NO3S. The van der Waals surface area contributed by atoms with Crippen molar-refractivity contribution < 1.29 is 13.2 Å². The van der Waals surface area contributed by atoms with Crippen molar-refractivity contribution in [2.75, 3.05) is 25.6 Å². The highest BCUT2D eigenvalue weighted by Gasteiger charge is 2.13. The van der Waals surface area contributed by atoms with E-state index in [1.165, 1.54) is 4.90 Å². The lowest BCUT2D eigenvalue weighted by molar-refractivity contribution is -0.126. The molecule has 5 heteroatoms. The van der Waals surface area contributed by atoms with Crippen molar-refractivity contribution in [2.24, 2.45) is 0 Å². The normalized spacial score (nSPS) is 11.2. The van der Waals surface area contributed by atoms with E-state index in [0.29, 0.717) is 6.54 Å². The molecule has 66 valence electrons. The second-order valence-corrected chi connectivity index (χ2v) is 4.62. The number of rotatable bonds is 3. The first-order valence-corrected chi connectivity index (χ1v) is 5.34. The maximum atomic E-state index is 10.9. The molecule has 0 atom stereocenters. The van der Waals surface area contributed by atoms with Crippen molar-refractivity contribution in [1.29, 1.82) is 0 Å². The Kier molecular flexibility index (Phi) is 3.51. The van der Waals surface area contributed by atoms with Crippen LogP contribution in [0.3, 0.4) is 0 Å². The molecule has 0 N–H and O–H groups in total. The van der Waals surface area contributed by atoms with Gasteiger partial charge < -0.3 is 4.90 Å². The molecule has 0 aromatic rings. The molecule has 0 bridgehead atoms. The average Bonchev–Trinajstić information content (AvgIpc) is 1.82. The van der Waals surface area contributed by atoms with Crippen LogP contribution < -0.4 is 0 Å². The third kappa shape index (κ3) is 4.78. The lowest BCUT2D eigenvalue weighted by Crippen LogP contribution is -2.31. The second-order valence-electron chi connectivity index (χ2n) is 2.48. The Hall–Kier alpha value is -0.580. The fourth-order valence-corrected chi connectivity index (χ4v) is 1.18. The molecule has 0 rings (SSSR count). The number of carbonyl (C=O) groups is 1. The van der Waals surface area contributed by atoms with Gasteiger partial charge in [-0.25, -0.2) is 8.42 Å². The quantitative estimate of drug-likeness (QED) is 0.587. The van der Waals surface area contributed by atoms with Gasteiger partial charge in [0.05, 0.1) is 0 Å². The first-order chi connectivity index (χ1) is 4.87. The number of amides is 1. The van der Waals surface area contributed by atoms with Crippen LogP contribution in [0.15, 0.2) is 0 Å². The maximum Gasteiger partial charge on any atom is 0.237 e. The lowest BCUT2D eigenvalue weighted by Gasteiger charge is -2.12. The molecule has 0 saturated carbocycles. The van der Waals surface area contributed by atoms with Gasteiger partial charge in [-0.05, 0) is 6.92 Å². The number of nitrogens with zero attached hydrogens (tertiary/aromatic N) is 1. The standard InChI is InChI=1S/C6H13NO3S/c1-4-7(2)6(8)5-11(3,9)10/h4-5H2,1-3H3. The molecule has 0 aromatic heterocycles. The zero-order valence-electron chi connectivity index (χ0n) is 6.99.